The third kappa shape index (κ3) is 5.84. The van der Waals surface area contributed by atoms with Gasteiger partial charge in [-0.25, -0.2) is 9.59 Å². The van der Waals surface area contributed by atoms with Crippen molar-refractivity contribution in [2.24, 2.45) is 0 Å². The van der Waals surface area contributed by atoms with Gasteiger partial charge in [-0.1, -0.05) is 24.3 Å². The lowest BCUT2D eigenvalue weighted by molar-refractivity contribution is -0.146. The van der Waals surface area contributed by atoms with E-state index in [9.17, 15) is 9.59 Å². The number of esters is 2. The molecule has 0 saturated carbocycles. The van der Waals surface area contributed by atoms with Gasteiger partial charge in [0.25, 0.3) is 0 Å². The van der Waals surface area contributed by atoms with Gasteiger partial charge in [0.2, 0.25) is 0 Å². The van der Waals surface area contributed by atoms with Crippen LogP contribution in [0.4, 0.5) is 0 Å². The maximum Gasteiger partial charge on any atom is 0.344 e. The molecular formula is C25H21N3O4. The molecule has 32 heavy (non-hydrogen) atoms. The fraction of sp³-hybridized carbons (Fsp3) is 0.200. The molecule has 7 heteroatoms. The van der Waals surface area contributed by atoms with Gasteiger partial charge < -0.3 is 14.0 Å². The molecule has 0 amide bonds. The Morgan fingerprint density at radius 1 is 0.938 bits per heavy atom. The number of carbonyl (C=O) groups excluding carboxylic acids is 2. The lowest BCUT2D eigenvalue weighted by atomic mass is 10.0. The van der Waals surface area contributed by atoms with E-state index in [4.69, 9.17) is 20.0 Å². The molecule has 0 atom stereocenters. The highest BCUT2D eigenvalue weighted by Gasteiger charge is 2.18. The molecule has 0 saturated heterocycles. The summed E-state index contributed by atoms with van der Waals surface area (Å²) in [6.07, 6.45) is 3.94. The molecule has 2 aromatic carbocycles. The number of rotatable bonds is 8. The molecule has 0 bridgehead atoms. The minimum Gasteiger partial charge on any atom is -0.463 e. The number of nitriles is 2. The molecule has 0 fully saturated rings. The number of nitrogens with zero attached hydrogens (tertiary/aromatic N) is 3. The Hall–Kier alpha value is -4.36. The van der Waals surface area contributed by atoms with Gasteiger partial charge in [-0.3, -0.25) is 0 Å². The van der Waals surface area contributed by atoms with Crippen LogP contribution in [0, 0.1) is 22.7 Å². The molecule has 7 nitrogen and oxygen atoms in total. The minimum atomic E-state index is -0.622. The average Bonchev–Trinajstić information content (AvgIpc) is 3.20. The summed E-state index contributed by atoms with van der Waals surface area (Å²) in [5, 5.41) is 18.1. The lowest BCUT2D eigenvalue weighted by Gasteiger charge is -2.06. The molecule has 3 rings (SSSR count). The van der Waals surface area contributed by atoms with Crippen molar-refractivity contribution in [3.8, 4) is 12.1 Å². The molecule has 1 aromatic heterocycles. The van der Waals surface area contributed by atoms with Crippen LogP contribution in [0.5, 0.6) is 0 Å². The number of benzene rings is 2. The van der Waals surface area contributed by atoms with Crippen molar-refractivity contribution in [2.45, 2.75) is 19.9 Å². The molecule has 1 heterocycles. The average molecular weight is 427 g/mol. The highest BCUT2D eigenvalue weighted by molar-refractivity contribution is 5.92. The molecule has 3 aromatic rings. The Balaban J connectivity index is 1.85. The van der Waals surface area contributed by atoms with Gasteiger partial charge in [0, 0.05) is 18.9 Å². The molecular weight excluding hydrogens is 406 g/mol. The van der Waals surface area contributed by atoms with Gasteiger partial charge in [-0.15, -0.1) is 0 Å². The Kier molecular flexibility index (Phi) is 7.40. The van der Waals surface area contributed by atoms with Crippen molar-refractivity contribution >= 4 is 11.9 Å². The first-order valence-corrected chi connectivity index (χ1v) is 10.0. The van der Waals surface area contributed by atoms with Crippen LogP contribution in [0.25, 0.3) is 0 Å². The van der Waals surface area contributed by atoms with Crippen LogP contribution in [0.15, 0.2) is 60.9 Å². The summed E-state index contributed by atoms with van der Waals surface area (Å²) in [5.74, 6) is -1.23. The first-order chi connectivity index (χ1) is 15.5. The molecule has 0 aliphatic heterocycles. The normalized spacial score (nSPS) is 10.1. The van der Waals surface area contributed by atoms with E-state index >= 15 is 0 Å². The van der Waals surface area contributed by atoms with Crippen LogP contribution in [0.2, 0.25) is 0 Å². The van der Waals surface area contributed by atoms with Crippen molar-refractivity contribution in [3.05, 3.63) is 94.3 Å². The SMILES string of the molecule is CCOC(=O)COC(=O)c1cn(Cc2ccc(C#N)cc2)cc1Cc1cccc(C#N)c1. The molecule has 0 aliphatic rings. The highest BCUT2D eigenvalue weighted by atomic mass is 16.6. The topological polar surface area (TPSA) is 105 Å². The lowest BCUT2D eigenvalue weighted by Crippen LogP contribution is -2.17. The molecule has 0 spiro atoms. The summed E-state index contributed by atoms with van der Waals surface area (Å²) >= 11 is 0. The monoisotopic (exact) mass is 427 g/mol. The van der Waals surface area contributed by atoms with E-state index in [0.717, 1.165) is 11.1 Å². The zero-order valence-corrected chi connectivity index (χ0v) is 17.6. The van der Waals surface area contributed by atoms with E-state index in [1.807, 2.05) is 29.0 Å². The van der Waals surface area contributed by atoms with Crippen molar-refractivity contribution in [2.75, 3.05) is 13.2 Å². The predicted octanol–water partition coefficient (Wildman–Crippen LogP) is 3.59. The van der Waals surface area contributed by atoms with Crippen molar-refractivity contribution < 1.29 is 19.1 Å². The van der Waals surface area contributed by atoms with Crippen molar-refractivity contribution in [1.82, 2.24) is 4.57 Å². The fourth-order valence-electron chi connectivity index (χ4n) is 3.24. The van der Waals surface area contributed by atoms with E-state index in [0.29, 0.717) is 35.2 Å². The summed E-state index contributed by atoms with van der Waals surface area (Å²) < 4.78 is 11.8. The third-order valence-corrected chi connectivity index (χ3v) is 4.71. The van der Waals surface area contributed by atoms with E-state index < -0.39 is 18.5 Å². The second-order valence-electron chi connectivity index (χ2n) is 7.05. The van der Waals surface area contributed by atoms with E-state index in [1.165, 1.54) is 0 Å². The number of carbonyl (C=O) groups is 2. The molecule has 160 valence electrons. The fourth-order valence-corrected chi connectivity index (χ4v) is 3.24. The predicted molar refractivity (Wildman–Crippen MR) is 116 cm³/mol. The van der Waals surface area contributed by atoms with Crippen LogP contribution < -0.4 is 0 Å². The Labute approximate surface area is 186 Å². The Morgan fingerprint density at radius 3 is 2.38 bits per heavy atom. The Morgan fingerprint density at radius 2 is 1.69 bits per heavy atom. The zero-order valence-electron chi connectivity index (χ0n) is 17.6. The van der Waals surface area contributed by atoms with Crippen LogP contribution >= 0.6 is 0 Å². The first-order valence-electron chi connectivity index (χ1n) is 10.0. The first kappa shape index (κ1) is 22.3. The summed E-state index contributed by atoms with van der Waals surface area (Å²) in [5.41, 5.74) is 3.99. The quantitative estimate of drug-likeness (QED) is 0.509. The Bertz CT molecular complexity index is 1200. The van der Waals surface area contributed by atoms with Crippen LogP contribution in [-0.4, -0.2) is 29.7 Å². The van der Waals surface area contributed by atoms with Gasteiger partial charge in [-0.2, -0.15) is 10.5 Å². The number of aromatic nitrogens is 1. The summed E-state index contributed by atoms with van der Waals surface area (Å²) in [4.78, 5) is 24.3. The molecule has 0 aliphatic carbocycles. The van der Waals surface area contributed by atoms with Crippen molar-refractivity contribution in [1.29, 1.82) is 10.5 Å². The van der Waals surface area contributed by atoms with Crippen LogP contribution in [-0.2, 0) is 27.2 Å². The maximum atomic E-state index is 12.7. The van der Waals surface area contributed by atoms with Crippen LogP contribution in [0.1, 0.15) is 45.1 Å². The highest BCUT2D eigenvalue weighted by Crippen LogP contribution is 2.19. The van der Waals surface area contributed by atoms with Gasteiger partial charge in [-0.05, 0) is 54.3 Å². The van der Waals surface area contributed by atoms with Gasteiger partial charge in [0.05, 0.1) is 35.4 Å². The van der Waals surface area contributed by atoms with Gasteiger partial charge in [0.1, 0.15) is 0 Å². The van der Waals surface area contributed by atoms with E-state index in [1.54, 1.807) is 43.5 Å². The zero-order chi connectivity index (χ0) is 22.9. The van der Waals surface area contributed by atoms with Gasteiger partial charge >= 0.3 is 11.9 Å². The van der Waals surface area contributed by atoms with Gasteiger partial charge in [0.15, 0.2) is 6.61 Å². The number of hydrogen-bond acceptors (Lipinski definition) is 6. The van der Waals surface area contributed by atoms with Crippen molar-refractivity contribution in [3.63, 3.8) is 0 Å². The summed E-state index contributed by atoms with van der Waals surface area (Å²) in [6, 6.07) is 18.5. The van der Waals surface area contributed by atoms with Crippen LogP contribution in [0.3, 0.4) is 0 Å². The molecule has 0 N–H and O–H groups in total. The maximum absolute atomic E-state index is 12.7. The number of hydrogen-bond donors (Lipinski definition) is 0. The smallest absolute Gasteiger partial charge is 0.344 e. The molecule has 0 unspecified atom stereocenters. The third-order valence-electron chi connectivity index (χ3n) is 4.71. The minimum absolute atomic E-state index is 0.206. The second-order valence-corrected chi connectivity index (χ2v) is 7.05. The molecule has 0 radical (unpaired) electrons. The summed E-state index contributed by atoms with van der Waals surface area (Å²) in [7, 11) is 0. The standard InChI is InChI=1S/C25H21N3O4/c1-2-31-24(29)17-32-25(30)23-16-28(14-19-8-6-18(12-26)7-9-19)15-22(23)11-20-4-3-5-21(10-20)13-27/h3-10,15-16H,2,11,14,17H2,1H3. The second kappa shape index (κ2) is 10.6. The van der Waals surface area contributed by atoms with E-state index in [-0.39, 0.29) is 6.61 Å². The number of ether oxygens (including phenoxy) is 2. The summed E-state index contributed by atoms with van der Waals surface area (Å²) in [6.45, 7) is 1.91. The largest absolute Gasteiger partial charge is 0.463 e. The van der Waals surface area contributed by atoms with E-state index in [2.05, 4.69) is 12.1 Å².